The minimum Gasteiger partial charge on any atom is -0.494 e. The first-order valence-electron chi connectivity index (χ1n) is 8.14. The predicted octanol–water partition coefficient (Wildman–Crippen LogP) is 2.87. The van der Waals surface area contributed by atoms with Crippen LogP contribution in [0.15, 0.2) is 54.6 Å². The van der Waals surface area contributed by atoms with Crippen molar-refractivity contribution in [2.24, 2.45) is 0 Å². The van der Waals surface area contributed by atoms with Crippen LogP contribution in [-0.2, 0) is 11.2 Å². The van der Waals surface area contributed by atoms with Crippen LogP contribution in [-0.4, -0.2) is 23.7 Å². The zero-order chi connectivity index (χ0) is 16.9. The van der Waals surface area contributed by atoms with Crippen LogP contribution in [0.2, 0.25) is 0 Å². The largest absolute Gasteiger partial charge is 0.494 e. The van der Waals surface area contributed by atoms with E-state index in [2.05, 4.69) is 5.32 Å². The van der Waals surface area contributed by atoms with Gasteiger partial charge < -0.3 is 15.2 Å². The summed E-state index contributed by atoms with van der Waals surface area (Å²) < 4.78 is 5.39. The molecule has 1 aliphatic carbocycles. The zero-order valence-corrected chi connectivity index (χ0v) is 13.6. The fraction of sp³-hybridized carbons (Fsp3) is 0.250. The molecule has 4 nitrogen and oxygen atoms in total. The number of amides is 1. The molecule has 124 valence electrons. The second kappa shape index (κ2) is 7.32. The Morgan fingerprint density at radius 1 is 1.25 bits per heavy atom. The van der Waals surface area contributed by atoms with Gasteiger partial charge >= 0.3 is 0 Å². The first-order chi connectivity index (χ1) is 11.7. The number of aliphatic hydroxyl groups is 1. The highest BCUT2D eigenvalue weighted by atomic mass is 16.5. The Kier molecular flexibility index (Phi) is 4.96. The van der Waals surface area contributed by atoms with E-state index in [4.69, 9.17) is 4.74 Å². The summed E-state index contributed by atoms with van der Waals surface area (Å²) in [6, 6.07) is 15.0. The van der Waals surface area contributed by atoms with Crippen LogP contribution in [0.25, 0.3) is 6.08 Å². The normalized spacial score (nSPS) is 19.2. The van der Waals surface area contributed by atoms with Crippen molar-refractivity contribution in [2.75, 3.05) is 6.61 Å². The van der Waals surface area contributed by atoms with E-state index in [1.54, 1.807) is 6.08 Å². The van der Waals surface area contributed by atoms with Crippen LogP contribution in [0.4, 0.5) is 0 Å². The summed E-state index contributed by atoms with van der Waals surface area (Å²) in [6.07, 6.45) is 3.23. The number of hydrogen-bond acceptors (Lipinski definition) is 3. The molecule has 0 aliphatic heterocycles. The summed E-state index contributed by atoms with van der Waals surface area (Å²) in [5.41, 5.74) is 3.00. The van der Waals surface area contributed by atoms with E-state index in [1.807, 2.05) is 55.5 Å². The Morgan fingerprint density at radius 3 is 2.75 bits per heavy atom. The van der Waals surface area contributed by atoms with Gasteiger partial charge in [0.25, 0.3) is 0 Å². The molecule has 0 saturated heterocycles. The Balaban J connectivity index is 1.63. The zero-order valence-electron chi connectivity index (χ0n) is 13.6. The number of nitrogens with one attached hydrogen (secondary N) is 1. The van der Waals surface area contributed by atoms with Crippen molar-refractivity contribution >= 4 is 12.0 Å². The molecule has 0 spiro atoms. The van der Waals surface area contributed by atoms with Crippen LogP contribution in [0.5, 0.6) is 5.75 Å². The minimum absolute atomic E-state index is 0.218. The molecule has 2 aromatic rings. The standard InChI is InChI=1S/C20H21NO3/c1-2-24-16-10-7-14(8-11-16)9-12-19(23)21-20-17-6-4-3-5-15(17)13-18(20)22/h3-12,18,20,22H,2,13H2,1H3,(H,21,23)/b12-9+. The monoisotopic (exact) mass is 323 g/mol. The Bertz CT molecular complexity index is 737. The molecule has 2 aromatic carbocycles. The second-order valence-corrected chi connectivity index (χ2v) is 5.79. The first kappa shape index (κ1) is 16.3. The predicted molar refractivity (Wildman–Crippen MR) is 93.7 cm³/mol. The van der Waals surface area contributed by atoms with Gasteiger partial charge in [-0.25, -0.2) is 0 Å². The van der Waals surface area contributed by atoms with Crippen LogP contribution in [0.3, 0.4) is 0 Å². The molecule has 1 aliphatic rings. The number of carbonyl (C=O) groups excluding carboxylic acids is 1. The number of aliphatic hydroxyl groups excluding tert-OH is 1. The fourth-order valence-electron chi connectivity index (χ4n) is 2.96. The van der Waals surface area contributed by atoms with E-state index in [9.17, 15) is 9.90 Å². The molecule has 0 radical (unpaired) electrons. The molecule has 3 rings (SSSR count). The average Bonchev–Trinajstić information content (AvgIpc) is 2.90. The third-order valence-electron chi connectivity index (χ3n) is 4.12. The lowest BCUT2D eigenvalue weighted by Crippen LogP contribution is -2.32. The van der Waals surface area contributed by atoms with Gasteiger partial charge in [0.15, 0.2) is 0 Å². The number of rotatable bonds is 5. The van der Waals surface area contributed by atoms with E-state index in [0.29, 0.717) is 13.0 Å². The summed E-state index contributed by atoms with van der Waals surface area (Å²) in [7, 11) is 0. The minimum atomic E-state index is -0.578. The Labute approximate surface area is 141 Å². The smallest absolute Gasteiger partial charge is 0.244 e. The summed E-state index contributed by atoms with van der Waals surface area (Å²) in [5, 5.41) is 13.1. The molecule has 2 atom stereocenters. The maximum absolute atomic E-state index is 12.2. The van der Waals surface area contributed by atoms with Gasteiger partial charge in [-0.1, -0.05) is 36.4 Å². The summed E-state index contributed by atoms with van der Waals surface area (Å²) in [4.78, 5) is 12.2. The lowest BCUT2D eigenvalue weighted by Gasteiger charge is -2.16. The number of carbonyl (C=O) groups is 1. The van der Waals surface area contributed by atoms with E-state index in [-0.39, 0.29) is 11.9 Å². The highest BCUT2D eigenvalue weighted by Crippen LogP contribution is 2.31. The highest BCUT2D eigenvalue weighted by Gasteiger charge is 2.31. The van der Waals surface area contributed by atoms with Gasteiger partial charge in [-0.3, -0.25) is 4.79 Å². The van der Waals surface area contributed by atoms with Gasteiger partial charge in [-0.05, 0) is 41.8 Å². The second-order valence-electron chi connectivity index (χ2n) is 5.79. The number of ether oxygens (including phenoxy) is 1. The van der Waals surface area contributed by atoms with Crippen LogP contribution >= 0.6 is 0 Å². The quantitative estimate of drug-likeness (QED) is 0.832. The molecule has 1 amide bonds. The number of fused-ring (bicyclic) bond motifs is 1. The first-order valence-corrected chi connectivity index (χ1v) is 8.14. The van der Waals surface area contributed by atoms with E-state index < -0.39 is 6.10 Å². The molecule has 0 saturated carbocycles. The topological polar surface area (TPSA) is 58.6 Å². The van der Waals surface area contributed by atoms with Crippen LogP contribution < -0.4 is 10.1 Å². The van der Waals surface area contributed by atoms with Gasteiger partial charge in [0.2, 0.25) is 5.91 Å². The summed E-state index contributed by atoms with van der Waals surface area (Å²) in [6.45, 7) is 2.57. The molecule has 0 aromatic heterocycles. The fourth-order valence-corrected chi connectivity index (χ4v) is 2.96. The van der Waals surface area contributed by atoms with Crippen molar-refractivity contribution < 1.29 is 14.6 Å². The van der Waals surface area contributed by atoms with Gasteiger partial charge in [-0.15, -0.1) is 0 Å². The molecule has 24 heavy (non-hydrogen) atoms. The maximum atomic E-state index is 12.2. The van der Waals surface area contributed by atoms with Crippen LogP contribution in [0, 0.1) is 0 Å². The van der Waals surface area contributed by atoms with E-state index in [0.717, 1.165) is 22.4 Å². The van der Waals surface area contributed by atoms with Crippen molar-refractivity contribution in [1.82, 2.24) is 5.32 Å². The third kappa shape index (κ3) is 3.66. The van der Waals surface area contributed by atoms with E-state index in [1.165, 1.54) is 6.08 Å². The SMILES string of the molecule is CCOc1ccc(/C=C/C(=O)NC2c3ccccc3CC2O)cc1. The summed E-state index contributed by atoms with van der Waals surface area (Å²) >= 11 is 0. The number of benzene rings is 2. The van der Waals surface area contributed by atoms with Crippen molar-refractivity contribution in [3.8, 4) is 5.75 Å². The molecular formula is C20H21NO3. The molecular weight excluding hydrogens is 302 g/mol. The van der Waals surface area contributed by atoms with Crippen molar-refractivity contribution in [1.29, 1.82) is 0 Å². The average molecular weight is 323 g/mol. The van der Waals surface area contributed by atoms with Gasteiger partial charge in [-0.2, -0.15) is 0 Å². The summed E-state index contributed by atoms with van der Waals surface area (Å²) in [5.74, 6) is 0.592. The third-order valence-corrected chi connectivity index (χ3v) is 4.12. The van der Waals surface area contributed by atoms with Crippen molar-refractivity contribution in [2.45, 2.75) is 25.5 Å². The van der Waals surface area contributed by atoms with Crippen LogP contribution in [0.1, 0.15) is 29.7 Å². The molecule has 0 bridgehead atoms. The van der Waals surface area contributed by atoms with Gasteiger partial charge in [0.05, 0.1) is 18.8 Å². The Morgan fingerprint density at radius 2 is 2.00 bits per heavy atom. The van der Waals surface area contributed by atoms with Gasteiger partial charge in [0.1, 0.15) is 5.75 Å². The van der Waals surface area contributed by atoms with Gasteiger partial charge in [0, 0.05) is 12.5 Å². The van der Waals surface area contributed by atoms with Crippen molar-refractivity contribution in [3.05, 3.63) is 71.3 Å². The lowest BCUT2D eigenvalue weighted by molar-refractivity contribution is -0.117. The molecule has 2 unspecified atom stereocenters. The Hall–Kier alpha value is -2.59. The van der Waals surface area contributed by atoms with E-state index >= 15 is 0 Å². The number of hydrogen-bond donors (Lipinski definition) is 2. The molecule has 2 N–H and O–H groups in total. The molecule has 4 heteroatoms. The lowest BCUT2D eigenvalue weighted by atomic mass is 10.1. The van der Waals surface area contributed by atoms with Crippen molar-refractivity contribution in [3.63, 3.8) is 0 Å². The molecule has 0 heterocycles. The maximum Gasteiger partial charge on any atom is 0.244 e. The highest BCUT2D eigenvalue weighted by molar-refractivity contribution is 5.92. The molecule has 0 fully saturated rings.